The van der Waals surface area contributed by atoms with Gasteiger partial charge in [0.25, 0.3) is 11.8 Å². The van der Waals surface area contributed by atoms with Gasteiger partial charge in [0.05, 0.1) is 65.9 Å². The highest BCUT2D eigenvalue weighted by Gasteiger charge is 2.59. The number of para-hydroxylation sites is 2. The number of aliphatic hydroxyl groups is 4. The minimum atomic E-state index is -0.929. The second-order valence-corrected chi connectivity index (χ2v) is 33.1. The second kappa shape index (κ2) is 35.7. The predicted molar refractivity (Wildman–Crippen MR) is 423 cm³/mol. The van der Waals surface area contributed by atoms with Gasteiger partial charge in [0, 0.05) is 116 Å². The van der Waals surface area contributed by atoms with Crippen molar-refractivity contribution in [3.63, 3.8) is 0 Å². The molecule has 25 heteroatoms. The molecule has 3 aliphatic heterocycles. The lowest BCUT2D eigenvalue weighted by molar-refractivity contribution is -0.183. The summed E-state index contributed by atoms with van der Waals surface area (Å²) in [6.45, 7) is 21.6. The maximum absolute atomic E-state index is 14.3. The number of morpholine rings is 1. The molecular formula is C86H117N9O16. The van der Waals surface area contributed by atoms with Gasteiger partial charge in [0.15, 0.2) is 0 Å². The number of aliphatic hydroxyl groups excluding tert-OH is 4. The summed E-state index contributed by atoms with van der Waals surface area (Å²) in [6.07, 6.45) is 2.56. The van der Waals surface area contributed by atoms with E-state index in [2.05, 4.69) is 69.4 Å². The number of hydrogen-bond donors (Lipinski definition) is 8. The highest BCUT2D eigenvalue weighted by molar-refractivity contribution is 6.00. The number of ether oxygens (including phenoxy) is 4. The Labute approximate surface area is 653 Å². The molecule has 14 rings (SSSR count). The topological polar surface area (TPSA) is 303 Å². The number of anilines is 2. The molecule has 6 aliphatic carbocycles. The molecule has 3 saturated heterocycles. The third kappa shape index (κ3) is 18.0. The largest absolute Gasteiger partial charge is 0.496 e. The third-order valence-corrected chi connectivity index (χ3v) is 25.4. The van der Waals surface area contributed by atoms with Crippen LogP contribution in [0.2, 0.25) is 0 Å². The van der Waals surface area contributed by atoms with E-state index in [0.717, 1.165) is 29.8 Å². The van der Waals surface area contributed by atoms with E-state index < -0.39 is 66.3 Å². The molecule has 0 unspecified atom stereocenters. The number of benzene rings is 5. The molecule has 5 aromatic carbocycles. The van der Waals surface area contributed by atoms with Crippen molar-refractivity contribution < 1.29 is 77.8 Å². The number of carbonyl (C=O) groups is 6. The van der Waals surface area contributed by atoms with Crippen molar-refractivity contribution in [2.24, 2.45) is 58.2 Å². The average molecular weight is 1530 g/mol. The van der Waals surface area contributed by atoms with Crippen molar-refractivity contribution in [3.05, 3.63) is 144 Å². The van der Waals surface area contributed by atoms with Crippen LogP contribution in [0.25, 0.3) is 22.3 Å². The van der Waals surface area contributed by atoms with Gasteiger partial charge >= 0.3 is 5.97 Å². The first-order valence-electron chi connectivity index (χ1n) is 39.2. The zero-order valence-electron chi connectivity index (χ0n) is 66.9. The summed E-state index contributed by atoms with van der Waals surface area (Å²) in [4.78, 5) is 99.9. The molecule has 602 valence electrons. The fraction of sp³-hybridized carbons (Fsp3) is 0.558. The number of hydrogen-bond acceptors (Lipinski definition) is 20. The van der Waals surface area contributed by atoms with Gasteiger partial charge in [-0.1, -0.05) is 121 Å². The van der Waals surface area contributed by atoms with Gasteiger partial charge in [-0.15, -0.1) is 0 Å². The molecule has 8 N–H and O–H groups in total. The average Bonchev–Trinajstić information content (AvgIpc) is 1.31. The molecule has 0 spiro atoms. The van der Waals surface area contributed by atoms with E-state index in [4.69, 9.17) is 28.6 Å². The van der Waals surface area contributed by atoms with Crippen molar-refractivity contribution >= 4 is 46.9 Å². The van der Waals surface area contributed by atoms with Crippen molar-refractivity contribution in [1.82, 2.24) is 36.3 Å². The molecule has 9 fully saturated rings. The molecule has 0 aromatic heterocycles. The quantitative estimate of drug-likeness (QED) is 0.0175. The lowest BCUT2D eigenvalue weighted by Crippen LogP contribution is -2.62. The van der Waals surface area contributed by atoms with Crippen LogP contribution in [-0.4, -0.2) is 221 Å². The Morgan fingerprint density at radius 3 is 1.50 bits per heavy atom. The Morgan fingerprint density at radius 1 is 0.631 bits per heavy atom. The number of methoxy groups -OCH3 is 2. The van der Waals surface area contributed by atoms with Crippen LogP contribution < -0.4 is 40.5 Å². The molecule has 0 radical (unpaired) electrons. The fourth-order valence-corrected chi connectivity index (χ4v) is 18.7. The standard InChI is InChI=1S/C47H63N5O8.C39H54N4O8/c1-28-37-24-34(47(37,3)4)25-38(28)48-45(56)42-41(29(2)54)40(27-53)60-52(42)26-31-14-11-15-36(43(31)58-7)32-21-33(23-35(22-32)50(5)6)44(55)49-39(20-30-12-9-8-10-13-30)46(57)51-16-18-59-19-17-51;1-9-13-50-33(46)19-40-37(47)26-14-25(15-28(16-26)42(6)7)29-12-10-11-24(36(29)49-8)20-43-35(34(23(3)45)32(21-44)51-43)38(48)41-31-18-27-17-30(22(31)2)39(27,4)5/h8-15,21-23,28-29,34,37-42,53-54H,16-20,24-27H2,1-7H3,(H,48,56)(H,49,55);9-12,14-16,22-23,27,30-32,34-35,44-45H,1,13,17-21H2,2-8H3,(H,40,47)(H,41,48)/t28-,29-,34+,37-,38-,39+,40-,41-,42-;22-,23-,27+,30-,31-,32-,34+,35-/m00/s1. The molecule has 5 amide bonds. The first-order valence-corrected chi connectivity index (χ1v) is 39.2. The van der Waals surface area contributed by atoms with Crippen LogP contribution in [0.1, 0.15) is 118 Å². The van der Waals surface area contributed by atoms with Crippen LogP contribution in [0.3, 0.4) is 0 Å². The fourth-order valence-electron chi connectivity index (χ4n) is 18.7. The van der Waals surface area contributed by atoms with Crippen LogP contribution in [-0.2, 0) is 57.8 Å². The number of fused-ring (bicyclic) bond motifs is 4. The molecule has 25 nitrogen and oxygen atoms in total. The van der Waals surface area contributed by atoms with Gasteiger partial charge < -0.3 is 75.3 Å². The maximum atomic E-state index is 14.3. The lowest BCUT2D eigenvalue weighted by Gasteiger charge is -2.62. The summed E-state index contributed by atoms with van der Waals surface area (Å²) in [5.74, 6) is 0.490. The smallest absolute Gasteiger partial charge is 0.325 e. The summed E-state index contributed by atoms with van der Waals surface area (Å²) in [7, 11) is 10.7. The van der Waals surface area contributed by atoms with Crippen LogP contribution in [0.5, 0.6) is 11.5 Å². The highest BCUT2D eigenvalue weighted by Crippen LogP contribution is 2.62. The van der Waals surface area contributed by atoms with Crippen LogP contribution in [0.4, 0.5) is 11.4 Å². The van der Waals surface area contributed by atoms with Crippen LogP contribution in [0, 0.1) is 58.2 Å². The summed E-state index contributed by atoms with van der Waals surface area (Å²) in [5.41, 5.74) is 7.93. The van der Waals surface area contributed by atoms with Crippen LogP contribution in [0.15, 0.2) is 116 Å². The zero-order chi connectivity index (χ0) is 80.1. The monoisotopic (exact) mass is 1530 g/mol. The first kappa shape index (κ1) is 83.4. The number of rotatable bonds is 28. The number of hydroxylamine groups is 4. The number of nitrogens with one attached hydrogen (secondary N) is 4. The summed E-state index contributed by atoms with van der Waals surface area (Å²) in [5, 5.41) is 58.1. The molecular weight excluding hydrogens is 1410 g/mol. The summed E-state index contributed by atoms with van der Waals surface area (Å²) < 4.78 is 22.6. The van der Waals surface area contributed by atoms with Gasteiger partial charge in [-0.2, -0.15) is 10.1 Å². The van der Waals surface area contributed by atoms with Crippen molar-refractivity contribution in [2.45, 2.75) is 155 Å². The molecule has 3 heterocycles. The van der Waals surface area contributed by atoms with Gasteiger partial charge in [0.2, 0.25) is 17.7 Å². The number of amides is 5. The minimum absolute atomic E-state index is 0.0123. The van der Waals surface area contributed by atoms with Gasteiger partial charge in [-0.25, -0.2) is 0 Å². The van der Waals surface area contributed by atoms with Gasteiger partial charge in [-0.3, -0.25) is 38.4 Å². The van der Waals surface area contributed by atoms with Crippen molar-refractivity contribution in [2.75, 3.05) is 105 Å². The SMILES string of the molecule is C=CCOC(=O)CNC(=O)c1cc(-c2cccc(CN3O[C@@H](CO)[C@@H]([C@H](C)O)[C@H]3C(=O)N[C@H]3C[C@H]4C[C@@H]([C@@H]3C)C4(C)C)c2OC)cc(N(C)C)c1.COc1c(CN2O[C@@H](CO)[C@H]([C@H](C)O)[C@H]2C(=O)N[C@H]2C[C@H]3C[C@@H]([C@@H]2C)C3(C)C)cccc1-c1cc(C(=O)N[C@H](Cc2ccccc2)C(=O)N2CCOCC2)cc(N(C)C)c1. The Morgan fingerprint density at radius 2 is 1.09 bits per heavy atom. The van der Waals surface area contributed by atoms with E-state index in [1.54, 1.807) is 67.4 Å². The molecule has 9 aliphatic rings. The first-order chi connectivity index (χ1) is 52.9. The molecule has 17 atom stereocenters. The van der Waals surface area contributed by atoms with E-state index in [1.165, 1.54) is 18.9 Å². The summed E-state index contributed by atoms with van der Waals surface area (Å²) >= 11 is 0. The number of nitrogens with zero attached hydrogens (tertiary/aromatic N) is 5. The predicted octanol–water partition coefficient (Wildman–Crippen LogP) is 7.84. The molecule has 6 saturated carbocycles. The normalized spacial score (nSPS) is 27.1. The summed E-state index contributed by atoms with van der Waals surface area (Å²) in [6, 6.07) is 29.5. The maximum Gasteiger partial charge on any atom is 0.325 e. The van der Waals surface area contributed by atoms with E-state index in [-0.39, 0.29) is 86.0 Å². The number of carbonyl (C=O) groups excluding carboxylic acids is 6. The lowest BCUT2D eigenvalue weighted by atomic mass is 9.45. The third-order valence-electron chi connectivity index (χ3n) is 25.4. The highest BCUT2D eigenvalue weighted by atomic mass is 16.7. The van der Waals surface area contributed by atoms with E-state index in [1.807, 2.05) is 117 Å². The van der Waals surface area contributed by atoms with E-state index in [0.29, 0.717) is 124 Å². The Hall–Kier alpha value is -8.50. The number of esters is 1. The molecule has 5 aromatic rings. The van der Waals surface area contributed by atoms with Gasteiger partial charge in [0.1, 0.15) is 55.0 Å². The van der Waals surface area contributed by atoms with Gasteiger partial charge in [-0.05, 0) is 139 Å². The van der Waals surface area contributed by atoms with Crippen molar-refractivity contribution in [1.29, 1.82) is 0 Å². The Bertz CT molecular complexity index is 4130. The molecule has 4 bridgehead atoms. The Balaban J connectivity index is 0.000000223. The van der Waals surface area contributed by atoms with Crippen LogP contribution >= 0.6 is 0 Å². The minimum Gasteiger partial charge on any atom is -0.496 e. The van der Waals surface area contributed by atoms with E-state index >= 15 is 0 Å². The molecule has 111 heavy (non-hydrogen) atoms. The Kier molecular flexibility index (Phi) is 26.8. The van der Waals surface area contributed by atoms with E-state index in [9.17, 15) is 49.2 Å². The zero-order valence-corrected chi connectivity index (χ0v) is 66.9. The second-order valence-electron chi connectivity index (χ2n) is 33.1. The van der Waals surface area contributed by atoms with Crippen molar-refractivity contribution in [3.8, 4) is 33.8 Å².